The van der Waals surface area contributed by atoms with Gasteiger partial charge in [0.2, 0.25) is 0 Å². The summed E-state index contributed by atoms with van der Waals surface area (Å²) >= 11 is 0. The highest BCUT2D eigenvalue weighted by Crippen LogP contribution is 2.18. The van der Waals surface area contributed by atoms with Gasteiger partial charge in [-0.2, -0.15) is 0 Å². The van der Waals surface area contributed by atoms with Crippen molar-refractivity contribution in [3.8, 4) is 0 Å². The molecule has 1 aromatic rings. The summed E-state index contributed by atoms with van der Waals surface area (Å²) in [7, 11) is 1.73. The monoisotopic (exact) mass is 205 g/mol. The Morgan fingerprint density at radius 3 is 2.40 bits per heavy atom. The van der Waals surface area contributed by atoms with Gasteiger partial charge in [-0.3, -0.25) is 0 Å². The van der Waals surface area contributed by atoms with Crippen LogP contribution >= 0.6 is 0 Å². The second kappa shape index (κ2) is 5.29. The van der Waals surface area contributed by atoms with Crippen molar-refractivity contribution in [2.75, 3.05) is 7.11 Å². The molecule has 1 aromatic carbocycles. The molecule has 0 spiro atoms. The lowest BCUT2D eigenvalue weighted by molar-refractivity contribution is 0.185. The van der Waals surface area contributed by atoms with Crippen LogP contribution in [0.15, 0.2) is 24.3 Å². The molecule has 0 amide bonds. The Kier molecular flexibility index (Phi) is 3.75. The number of ether oxygens (including phenoxy) is 1. The van der Waals surface area contributed by atoms with E-state index in [-0.39, 0.29) is 0 Å². The highest BCUT2D eigenvalue weighted by atomic mass is 16.5. The van der Waals surface area contributed by atoms with E-state index in [2.05, 4.69) is 29.6 Å². The highest BCUT2D eigenvalue weighted by Gasteiger charge is 2.15. The molecule has 0 atom stereocenters. The minimum absolute atomic E-state index is 0.705. The summed E-state index contributed by atoms with van der Waals surface area (Å²) in [6, 6.07) is 9.41. The van der Waals surface area contributed by atoms with Crippen LogP contribution in [0.1, 0.15) is 30.4 Å². The van der Waals surface area contributed by atoms with Gasteiger partial charge in [-0.05, 0) is 24.0 Å². The summed E-state index contributed by atoms with van der Waals surface area (Å²) in [5, 5.41) is 3.56. The molecule has 2 rings (SSSR count). The molecule has 2 nitrogen and oxygen atoms in total. The first-order valence-corrected chi connectivity index (χ1v) is 5.68. The SMILES string of the molecule is COCc1ccc(CNC2CCC2)cc1. The van der Waals surface area contributed by atoms with E-state index in [1.54, 1.807) is 7.11 Å². The topological polar surface area (TPSA) is 21.3 Å². The number of nitrogens with one attached hydrogen (secondary N) is 1. The van der Waals surface area contributed by atoms with Crippen LogP contribution < -0.4 is 5.32 Å². The summed E-state index contributed by atoms with van der Waals surface area (Å²) in [4.78, 5) is 0. The van der Waals surface area contributed by atoms with E-state index >= 15 is 0 Å². The average Bonchev–Trinajstić information content (AvgIpc) is 2.19. The minimum atomic E-state index is 0.705. The van der Waals surface area contributed by atoms with Crippen LogP contribution in [0.4, 0.5) is 0 Å². The van der Waals surface area contributed by atoms with Gasteiger partial charge in [0.25, 0.3) is 0 Å². The van der Waals surface area contributed by atoms with E-state index in [1.165, 1.54) is 30.4 Å². The molecule has 1 fully saturated rings. The average molecular weight is 205 g/mol. The second-order valence-corrected chi connectivity index (χ2v) is 4.26. The van der Waals surface area contributed by atoms with Crippen molar-refractivity contribution >= 4 is 0 Å². The third kappa shape index (κ3) is 3.05. The quantitative estimate of drug-likeness (QED) is 0.797. The summed E-state index contributed by atoms with van der Waals surface area (Å²) in [6.07, 6.45) is 4.09. The van der Waals surface area contributed by atoms with Crippen LogP contribution in [0.25, 0.3) is 0 Å². The number of methoxy groups -OCH3 is 1. The molecule has 82 valence electrons. The van der Waals surface area contributed by atoms with Crippen molar-refractivity contribution in [1.29, 1.82) is 0 Å². The zero-order chi connectivity index (χ0) is 10.5. The molecule has 1 N–H and O–H groups in total. The number of hydrogen-bond acceptors (Lipinski definition) is 2. The lowest BCUT2D eigenvalue weighted by Crippen LogP contribution is -2.34. The van der Waals surface area contributed by atoms with Gasteiger partial charge in [0.05, 0.1) is 6.61 Å². The van der Waals surface area contributed by atoms with E-state index < -0.39 is 0 Å². The summed E-state index contributed by atoms with van der Waals surface area (Å²) in [6.45, 7) is 1.70. The zero-order valence-corrected chi connectivity index (χ0v) is 9.33. The van der Waals surface area contributed by atoms with Gasteiger partial charge in [-0.25, -0.2) is 0 Å². The minimum Gasteiger partial charge on any atom is -0.380 e. The van der Waals surface area contributed by atoms with Crippen molar-refractivity contribution < 1.29 is 4.74 Å². The predicted octanol–water partition coefficient (Wildman–Crippen LogP) is 2.48. The normalized spacial score (nSPS) is 16.3. The maximum absolute atomic E-state index is 5.08. The molecule has 1 aliphatic rings. The lowest BCUT2D eigenvalue weighted by Gasteiger charge is -2.26. The molecule has 0 unspecified atom stereocenters. The molecule has 1 aliphatic carbocycles. The molecule has 0 aromatic heterocycles. The Morgan fingerprint density at radius 1 is 1.20 bits per heavy atom. The van der Waals surface area contributed by atoms with Gasteiger partial charge >= 0.3 is 0 Å². The van der Waals surface area contributed by atoms with Gasteiger partial charge in [-0.15, -0.1) is 0 Å². The molecular formula is C13H19NO. The van der Waals surface area contributed by atoms with Gasteiger partial charge < -0.3 is 10.1 Å². The first kappa shape index (κ1) is 10.7. The molecular weight excluding hydrogens is 186 g/mol. The lowest BCUT2D eigenvalue weighted by atomic mass is 9.93. The molecule has 1 saturated carbocycles. The fraction of sp³-hybridized carbons (Fsp3) is 0.538. The van der Waals surface area contributed by atoms with Crippen molar-refractivity contribution in [1.82, 2.24) is 5.32 Å². The van der Waals surface area contributed by atoms with E-state index in [0.717, 1.165) is 12.6 Å². The number of rotatable bonds is 5. The molecule has 0 aliphatic heterocycles. The number of hydrogen-bond donors (Lipinski definition) is 1. The second-order valence-electron chi connectivity index (χ2n) is 4.26. The molecule has 0 bridgehead atoms. The van der Waals surface area contributed by atoms with Crippen LogP contribution in [0, 0.1) is 0 Å². The van der Waals surface area contributed by atoms with Crippen molar-refractivity contribution in [3.05, 3.63) is 35.4 Å². The standard InChI is InChI=1S/C13H19NO/c1-15-10-12-7-5-11(6-8-12)9-14-13-3-2-4-13/h5-8,13-14H,2-4,9-10H2,1H3. The maximum atomic E-state index is 5.08. The Morgan fingerprint density at radius 2 is 1.87 bits per heavy atom. The van der Waals surface area contributed by atoms with E-state index in [9.17, 15) is 0 Å². The van der Waals surface area contributed by atoms with E-state index in [0.29, 0.717) is 6.61 Å². The molecule has 0 radical (unpaired) electrons. The largest absolute Gasteiger partial charge is 0.380 e. The first-order valence-electron chi connectivity index (χ1n) is 5.68. The van der Waals surface area contributed by atoms with Gasteiger partial charge in [0.1, 0.15) is 0 Å². The zero-order valence-electron chi connectivity index (χ0n) is 9.33. The fourth-order valence-electron chi connectivity index (χ4n) is 1.79. The third-order valence-electron chi connectivity index (χ3n) is 3.03. The van der Waals surface area contributed by atoms with E-state index in [1.807, 2.05) is 0 Å². The maximum Gasteiger partial charge on any atom is 0.0713 e. The van der Waals surface area contributed by atoms with Crippen LogP contribution in [-0.4, -0.2) is 13.2 Å². The molecule has 0 heterocycles. The highest BCUT2D eigenvalue weighted by molar-refractivity contribution is 5.22. The molecule has 0 saturated heterocycles. The Labute approximate surface area is 91.6 Å². The summed E-state index contributed by atoms with van der Waals surface area (Å²) in [5.41, 5.74) is 2.60. The number of benzene rings is 1. The van der Waals surface area contributed by atoms with Crippen LogP contribution in [-0.2, 0) is 17.9 Å². The Balaban J connectivity index is 1.80. The van der Waals surface area contributed by atoms with Gasteiger partial charge in [0.15, 0.2) is 0 Å². The molecule has 15 heavy (non-hydrogen) atoms. The smallest absolute Gasteiger partial charge is 0.0713 e. The molecule has 2 heteroatoms. The first-order chi connectivity index (χ1) is 7.38. The van der Waals surface area contributed by atoms with Crippen LogP contribution in [0.5, 0.6) is 0 Å². The summed E-state index contributed by atoms with van der Waals surface area (Å²) < 4.78 is 5.08. The summed E-state index contributed by atoms with van der Waals surface area (Å²) in [5.74, 6) is 0. The fourth-order valence-corrected chi connectivity index (χ4v) is 1.79. The Hall–Kier alpha value is -0.860. The third-order valence-corrected chi connectivity index (χ3v) is 3.03. The predicted molar refractivity (Wildman–Crippen MR) is 61.6 cm³/mol. The van der Waals surface area contributed by atoms with Crippen molar-refractivity contribution in [3.63, 3.8) is 0 Å². The Bertz CT molecular complexity index is 290. The van der Waals surface area contributed by atoms with E-state index in [4.69, 9.17) is 4.74 Å². The van der Waals surface area contributed by atoms with Crippen molar-refractivity contribution in [2.45, 2.75) is 38.5 Å². The van der Waals surface area contributed by atoms with Crippen LogP contribution in [0.3, 0.4) is 0 Å². The van der Waals surface area contributed by atoms with Crippen molar-refractivity contribution in [2.24, 2.45) is 0 Å². The van der Waals surface area contributed by atoms with Crippen LogP contribution in [0.2, 0.25) is 0 Å². The van der Waals surface area contributed by atoms with Gasteiger partial charge in [-0.1, -0.05) is 30.7 Å². The van der Waals surface area contributed by atoms with Gasteiger partial charge in [0, 0.05) is 19.7 Å².